The van der Waals surface area contributed by atoms with Crippen molar-refractivity contribution in [2.24, 2.45) is 5.14 Å². The second-order valence-electron chi connectivity index (χ2n) is 6.69. The van der Waals surface area contributed by atoms with Gasteiger partial charge in [-0.1, -0.05) is 11.6 Å². The molecule has 154 valence electrons. The van der Waals surface area contributed by atoms with Crippen molar-refractivity contribution in [3.8, 4) is 0 Å². The summed E-state index contributed by atoms with van der Waals surface area (Å²) in [7, 11) is -3.97. The molecule has 3 rings (SSSR count). The average molecular weight is 440 g/mol. The molecule has 0 atom stereocenters. The van der Waals surface area contributed by atoms with Gasteiger partial charge in [0.05, 0.1) is 21.2 Å². The molecule has 10 heteroatoms. The Morgan fingerprint density at radius 2 is 1.72 bits per heavy atom. The summed E-state index contributed by atoms with van der Waals surface area (Å²) in [5.41, 5.74) is 0.699. The number of carbonyl (C=O) groups excluding carboxylic acids is 2. The molecule has 0 unspecified atom stereocenters. The highest BCUT2D eigenvalue weighted by Gasteiger charge is 2.26. The molecular formula is C19H19ClFN3O4S. The lowest BCUT2D eigenvalue weighted by atomic mass is 10.1. The molecule has 0 saturated carbocycles. The normalized spacial score (nSPS) is 14.8. The Morgan fingerprint density at radius 1 is 1.07 bits per heavy atom. The van der Waals surface area contributed by atoms with Crippen molar-refractivity contribution < 1.29 is 22.4 Å². The fourth-order valence-corrected chi connectivity index (χ4v) is 3.89. The van der Waals surface area contributed by atoms with Crippen LogP contribution in [0, 0.1) is 5.82 Å². The number of piperazine rings is 1. The molecule has 0 aliphatic carbocycles. The first-order valence-corrected chi connectivity index (χ1v) is 10.7. The lowest BCUT2D eigenvalue weighted by Gasteiger charge is -2.36. The van der Waals surface area contributed by atoms with Gasteiger partial charge in [0.25, 0.3) is 5.91 Å². The van der Waals surface area contributed by atoms with Crippen LogP contribution in [0.2, 0.25) is 5.02 Å². The van der Waals surface area contributed by atoms with E-state index in [4.69, 9.17) is 16.7 Å². The van der Waals surface area contributed by atoms with Crippen LogP contribution < -0.4 is 10.0 Å². The predicted octanol–water partition coefficient (Wildman–Crippen LogP) is 2.29. The highest BCUT2D eigenvalue weighted by atomic mass is 35.5. The van der Waals surface area contributed by atoms with Gasteiger partial charge in [0.15, 0.2) is 5.78 Å². The Kier molecular flexibility index (Phi) is 5.92. The van der Waals surface area contributed by atoms with E-state index in [0.717, 1.165) is 6.07 Å². The van der Waals surface area contributed by atoms with Crippen molar-refractivity contribution in [1.29, 1.82) is 0 Å². The zero-order chi connectivity index (χ0) is 21.3. The monoisotopic (exact) mass is 439 g/mol. The van der Waals surface area contributed by atoms with Crippen LogP contribution in [0.4, 0.5) is 10.1 Å². The molecule has 0 radical (unpaired) electrons. The van der Waals surface area contributed by atoms with E-state index >= 15 is 0 Å². The quantitative estimate of drug-likeness (QED) is 0.736. The van der Waals surface area contributed by atoms with E-state index in [-0.39, 0.29) is 21.3 Å². The standard InChI is InChI=1S/C19H19ClFN3O4S/c1-12(25)13-2-5-18(17(21)10-13)23-6-8-24(9-7-23)19(26)15-11-14(29(22,27)28)3-4-16(15)20/h2-5,10-11H,6-9H2,1H3,(H2,22,27,28). The van der Waals surface area contributed by atoms with E-state index < -0.39 is 21.7 Å². The smallest absolute Gasteiger partial charge is 0.255 e. The largest absolute Gasteiger partial charge is 0.366 e. The van der Waals surface area contributed by atoms with Crippen LogP contribution in [0.1, 0.15) is 27.6 Å². The summed E-state index contributed by atoms with van der Waals surface area (Å²) in [5, 5.41) is 5.24. The topological polar surface area (TPSA) is 101 Å². The maximum Gasteiger partial charge on any atom is 0.255 e. The Morgan fingerprint density at radius 3 is 2.28 bits per heavy atom. The van der Waals surface area contributed by atoms with E-state index in [1.54, 1.807) is 17.0 Å². The molecular weight excluding hydrogens is 421 g/mol. The molecule has 7 nitrogen and oxygen atoms in total. The van der Waals surface area contributed by atoms with Gasteiger partial charge in [0.1, 0.15) is 5.82 Å². The number of primary sulfonamides is 1. The van der Waals surface area contributed by atoms with Crippen molar-refractivity contribution in [2.75, 3.05) is 31.1 Å². The van der Waals surface area contributed by atoms with E-state index in [9.17, 15) is 22.4 Å². The summed E-state index contributed by atoms with van der Waals surface area (Å²) in [6.45, 7) is 2.70. The number of benzene rings is 2. The summed E-state index contributed by atoms with van der Waals surface area (Å²) in [6, 6.07) is 8.03. The van der Waals surface area contributed by atoms with Crippen LogP contribution in [0.15, 0.2) is 41.3 Å². The van der Waals surface area contributed by atoms with Gasteiger partial charge in [-0.3, -0.25) is 9.59 Å². The Hall–Kier alpha value is -2.49. The molecule has 0 bridgehead atoms. The third kappa shape index (κ3) is 4.58. The second kappa shape index (κ2) is 8.10. The van der Waals surface area contributed by atoms with Gasteiger partial charge in [-0.05, 0) is 43.3 Å². The van der Waals surface area contributed by atoms with Crippen LogP contribution in [-0.4, -0.2) is 51.2 Å². The summed E-state index contributed by atoms with van der Waals surface area (Å²) in [4.78, 5) is 27.3. The minimum absolute atomic E-state index is 0.0450. The summed E-state index contributed by atoms with van der Waals surface area (Å²) in [5.74, 6) is -1.14. The van der Waals surface area contributed by atoms with Gasteiger partial charge in [-0.15, -0.1) is 0 Å². The number of sulfonamides is 1. The number of hydrogen-bond acceptors (Lipinski definition) is 5. The Bertz CT molecular complexity index is 1080. The van der Waals surface area contributed by atoms with Gasteiger partial charge in [-0.25, -0.2) is 17.9 Å². The fraction of sp³-hybridized carbons (Fsp3) is 0.263. The molecule has 1 saturated heterocycles. The molecule has 1 heterocycles. The zero-order valence-corrected chi connectivity index (χ0v) is 17.1. The van der Waals surface area contributed by atoms with Crippen molar-refractivity contribution in [3.05, 3.63) is 58.4 Å². The molecule has 2 N–H and O–H groups in total. The number of nitrogens with zero attached hydrogens (tertiary/aromatic N) is 2. The predicted molar refractivity (Wildman–Crippen MR) is 107 cm³/mol. The number of ketones is 1. The van der Waals surface area contributed by atoms with Crippen LogP contribution in [0.5, 0.6) is 0 Å². The van der Waals surface area contributed by atoms with Gasteiger partial charge in [-0.2, -0.15) is 0 Å². The molecule has 1 aliphatic heterocycles. The Labute approximate surface area is 172 Å². The van der Waals surface area contributed by atoms with Gasteiger partial charge >= 0.3 is 0 Å². The minimum atomic E-state index is -3.97. The van der Waals surface area contributed by atoms with Crippen molar-refractivity contribution in [3.63, 3.8) is 0 Å². The second-order valence-corrected chi connectivity index (χ2v) is 8.66. The highest BCUT2D eigenvalue weighted by molar-refractivity contribution is 7.89. The molecule has 0 spiro atoms. The molecule has 1 aliphatic rings. The number of amides is 1. The first-order valence-electron chi connectivity index (χ1n) is 8.75. The van der Waals surface area contributed by atoms with Crippen LogP contribution in [0.25, 0.3) is 0 Å². The van der Waals surface area contributed by atoms with Gasteiger partial charge in [0.2, 0.25) is 10.0 Å². The van der Waals surface area contributed by atoms with E-state index in [2.05, 4.69) is 0 Å². The minimum Gasteiger partial charge on any atom is -0.366 e. The summed E-state index contributed by atoms with van der Waals surface area (Å²) < 4.78 is 37.4. The molecule has 2 aromatic carbocycles. The molecule has 29 heavy (non-hydrogen) atoms. The number of halogens is 2. The van der Waals surface area contributed by atoms with Crippen molar-refractivity contribution in [1.82, 2.24) is 4.90 Å². The van der Waals surface area contributed by atoms with E-state index in [1.807, 2.05) is 0 Å². The van der Waals surface area contributed by atoms with Crippen LogP contribution in [-0.2, 0) is 10.0 Å². The SMILES string of the molecule is CC(=O)c1ccc(N2CCN(C(=O)c3cc(S(N)(=O)=O)ccc3Cl)CC2)c(F)c1. The summed E-state index contributed by atoms with van der Waals surface area (Å²) in [6.07, 6.45) is 0. The fourth-order valence-electron chi connectivity index (χ4n) is 3.15. The number of rotatable bonds is 4. The van der Waals surface area contributed by atoms with Crippen LogP contribution >= 0.6 is 11.6 Å². The first-order chi connectivity index (χ1) is 13.6. The average Bonchev–Trinajstić information content (AvgIpc) is 2.67. The molecule has 1 fully saturated rings. The van der Waals surface area contributed by atoms with E-state index in [1.165, 1.54) is 30.0 Å². The molecule has 0 aromatic heterocycles. The number of nitrogens with two attached hydrogens (primary N) is 1. The number of carbonyl (C=O) groups is 2. The molecule has 1 amide bonds. The lowest BCUT2D eigenvalue weighted by Crippen LogP contribution is -2.49. The lowest BCUT2D eigenvalue weighted by molar-refractivity contribution is 0.0746. The van der Waals surface area contributed by atoms with Gasteiger partial charge < -0.3 is 9.80 Å². The molecule has 2 aromatic rings. The number of hydrogen-bond donors (Lipinski definition) is 1. The summed E-state index contributed by atoms with van der Waals surface area (Å²) >= 11 is 6.08. The zero-order valence-electron chi connectivity index (χ0n) is 15.6. The van der Waals surface area contributed by atoms with E-state index in [0.29, 0.717) is 37.4 Å². The Balaban J connectivity index is 1.74. The van der Waals surface area contributed by atoms with Crippen molar-refractivity contribution in [2.45, 2.75) is 11.8 Å². The highest BCUT2D eigenvalue weighted by Crippen LogP contribution is 2.25. The van der Waals surface area contributed by atoms with Crippen molar-refractivity contribution >= 4 is 39.0 Å². The van der Waals surface area contributed by atoms with Gasteiger partial charge in [0, 0.05) is 31.7 Å². The third-order valence-electron chi connectivity index (χ3n) is 4.76. The third-order valence-corrected chi connectivity index (χ3v) is 6.00. The maximum atomic E-state index is 14.4. The number of anilines is 1. The number of Topliss-reactive ketones (excluding diaryl/α,β-unsaturated/α-hetero) is 1. The maximum absolute atomic E-state index is 14.4. The van der Waals surface area contributed by atoms with Crippen LogP contribution in [0.3, 0.4) is 0 Å². The first kappa shape index (κ1) is 21.2.